The minimum atomic E-state index is -0.524. The highest BCUT2D eigenvalue weighted by Crippen LogP contribution is 2.35. The van der Waals surface area contributed by atoms with Crippen LogP contribution in [0.25, 0.3) is 0 Å². The zero-order valence-corrected chi connectivity index (χ0v) is 13.9. The average molecular weight is 338 g/mol. The van der Waals surface area contributed by atoms with Crippen LogP contribution in [0.1, 0.15) is 6.92 Å². The third kappa shape index (κ3) is 3.44. The van der Waals surface area contributed by atoms with Crippen molar-refractivity contribution in [2.45, 2.75) is 6.92 Å². The average Bonchev–Trinajstić information content (AvgIpc) is 2.62. The first-order valence-electron chi connectivity index (χ1n) is 8.38. The van der Waals surface area contributed by atoms with Gasteiger partial charge in [0.05, 0.1) is 29.9 Å². The van der Waals surface area contributed by atoms with Crippen molar-refractivity contribution in [2.24, 2.45) is 0 Å². The Labute approximate surface area is 140 Å². The first-order valence-corrected chi connectivity index (χ1v) is 8.38. The maximum atomic E-state index is 14.5. The number of likely N-dealkylation sites (N-methyl/N-ethyl adjacent to an activating group) is 1. The molecule has 0 aliphatic carbocycles. The first kappa shape index (κ1) is 16.9. The van der Waals surface area contributed by atoms with E-state index in [2.05, 4.69) is 11.8 Å². The van der Waals surface area contributed by atoms with Gasteiger partial charge >= 0.3 is 0 Å². The normalized spacial score (nSPS) is 19.6. The van der Waals surface area contributed by atoms with E-state index in [4.69, 9.17) is 4.74 Å². The summed E-state index contributed by atoms with van der Waals surface area (Å²) < 4.78 is 19.8. The molecule has 0 radical (unpaired) electrons. The molecule has 1 aromatic rings. The third-order valence-electron chi connectivity index (χ3n) is 4.75. The molecule has 1 aromatic carbocycles. The van der Waals surface area contributed by atoms with Gasteiger partial charge in [0, 0.05) is 39.3 Å². The standard InChI is InChI=1S/C16H23FN4O3/c1-2-18-3-5-19(6-4-18)14-12-15(20-7-9-24-10-8-20)16(21(22)23)11-13(14)17/h11-12H,2-10H2,1H3. The molecule has 2 aliphatic rings. The summed E-state index contributed by atoms with van der Waals surface area (Å²) in [7, 11) is 0. The summed E-state index contributed by atoms with van der Waals surface area (Å²) in [5.74, 6) is -0.524. The van der Waals surface area contributed by atoms with Gasteiger partial charge in [0.15, 0.2) is 5.82 Å². The van der Waals surface area contributed by atoms with Gasteiger partial charge in [0.25, 0.3) is 5.69 Å². The van der Waals surface area contributed by atoms with Gasteiger partial charge in [0.2, 0.25) is 0 Å². The van der Waals surface area contributed by atoms with Crippen molar-refractivity contribution in [1.82, 2.24) is 4.90 Å². The molecule has 0 bridgehead atoms. The van der Waals surface area contributed by atoms with Gasteiger partial charge in [-0.05, 0) is 12.6 Å². The number of rotatable bonds is 4. The SMILES string of the molecule is CCN1CCN(c2cc(N3CCOCC3)c([N+](=O)[O-])cc2F)CC1. The van der Waals surface area contributed by atoms with Gasteiger partial charge < -0.3 is 19.4 Å². The number of halogens is 1. The number of nitro groups is 1. The number of nitrogens with zero attached hydrogens (tertiary/aromatic N) is 4. The van der Waals surface area contributed by atoms with Crippen LogP contribution in [0, 0.1) is 15.9 Å². The van der Waals surface area contributed by atoms with E-state index in [0.29, 0.717) is 37.7 Å². The summed E-state index contributed by atoms with van der Waals surface area (Å²) in [6.07, 6.45) is 0. The molecule has 0 amide bonds. The van der Waals surface area contributed by atoms with E-state index in [9.17, 15) is 14.5 Å². The zero-order valence-electron chi connectivity index (χ0n) is 13.9. The second-order valence-corrected chi connectivity index (χ2v) is 6.07. The summed E-state index contributed by atoms with van der Waals surface area (Å²) in [4.78, 5) is 17.0. The highest BCUT2D eigenvalue weighted by molar-refractivity contribution is 5.71. The van der Waals surface area contributed by atoms with Gasteiger partial charge in [-0.25, -0.2) is 4.39 Å². The Kier molecular flexibility index (Phi) is 5.15. The molecule has 2 heterocycles. The number of ether oxygens (including phenoxy) is 1. The fraction of sp³-hybridized carbons (Fsp3) is 0.625. The molecule has 24 heavy (non-hydrogen) atoms. The van der Waals surface area contributed by atoms with Crippen LogP contribution in [0.3, 0.4) is 0 Å². The highest BCUT2D eigenvalue weighted by atomic mass is 19.1. The summed E-state index contributed by atoms with van der Waals surface area (Å²) in [6.45, 7) is 8.51. The van der Waals surface area contributed by atoms with Crippen LogP contribution in [-0.2, 0) is 4.74 Å². The van der Waals surface area contributed by atoms with Crippen LogP contribution in [0.2, 0.25) is 0 Å². The van der Waals surface area contributed by atoms with Crippen LogP contribution < -0.4 is 9.80 Å². The molecule has 0 unspecified atom stereocenters. The van der Waals surface area contributed by atoms with Crippen LogP contribution >= 0.6 is 0 Å². The summed E-state index contributed by atoms with van der Waals surface area (Å²) in [5.41, 5.74) is 0.765. The van der Waals surface area contributed by atoms with Crippen molar-refractivity contribution in [2.75, 3.05) is 68.8 Å². The summed E-state index contributed by atoms with van der Waals surface area (Å²) in [5, 5.41) is 11.3. The Hall–Kier alpha value is -1.93. The van der Waals surface area contributed by atoms with E-state index >= 15 is 0 Å². The fourth-order valence-electron chi connectivity index (χ4n) is 3.29. The first-order chi connectivity index (χ1) is 11.6. The quantitative estimate of drug-likeness (QED) is 0.615. The van der Waals surface area contributed by atoms with E-state index in [1.54, 1.807) is 6.07 Å². The molecule has 7 nitrogen and oxygen atoms in total. The molecule has 3 rings (SSSR count). The lowest BCUT2D eigenvalue weighted by molar-refractivity contribution is -0.384. The molecule has 2 fully saturated rings. The topological polar surface area (TPSA) is 62.1 Å². The molecule has 0 aromatic heterocycles. The van der Waals surface area contributed by atoms with Crippen LogP contribution in [0.15, 0.2) is 12.1 Å². The van der Waals surface area contributed by atoms with E-state index < -0.39 is 10.7 Å². The molecule has 2 saturated heterocycles. The van der Waals surface area contributed by atoms with Gasteiger partial charge in [-0.3, -0.25) is 10.1 Å². The molecule has 8 heteroatoms. The predicted octanol–water partition coefficient (Wildman–Crippen LogP) is 1.71. The predicted molar refractivity (Wildman–Crippen MR) is 90.4 cm³/mol. The van der Waals surface area contributed by atoms with Crippen molar-refractivity contribution >= 4 is 17.1 Å². The molecule has 0 spiro atoms. The minimum absolute atomic E-state index is 0.176. The highest BCUT2D eigenvalue weighted by Gasteiger charge is 2.27. The molecule has 0 N–H and O–H groups in total. The molecular weight excluding hydrogens is 315 g/mol. The number of hydrogen-bond acceptors (Lipinski definition) is 6. The number of piperazine rings is 1. The third-order valence-corrected chi connectivity index (χ3v) is 4.75. The van der Waals surface area contributed by atoms with Crippen molar-refractivity contribution in [3.05, 3.63) is 28.1 Å². The van der Waals surface area contributed by atoms with Crippen LogP contribution in [0.5, 0.6) is 0 Å². The summed E-state index contributed by atoms with van der Waals surface area (Å²) in [6, 6.07) is 2.70. The van der Waals surface area contributed by atoms with Crippen molar-refractivity contribution in [1.29, 1.82) is 0 Å². The Morgan fingerprint density at radius 2 is 1.71 bits per heavy atom. The number of anilines is 2. The maximum Gasteiger partial charge on any atom is 0.295 e. The molecule has 2 aliphatic heterocycles. The van der Waals surface area contributed by atoms with Crippen LogP contribution in [0.4, 0.5) is 21.5 Å². The van der Waals surface area contributed by atoms with Crippen molar-refractivity contribution < 1.29 is 14.1 Å². The van der Waals surface area contributed by atoms with Gasteiger partial charge in [0.1, 0.15) is 5.69 Å². The lowest BCUT2D eigenvalue weighted by Crippen LogP contribution is -2.46. The van der Waals surface area contributed by atoms with E-state index in [1.807, 2.05) is 9.80 Å². The van der Waals surface area contributed by atoms with Gasteiger partial charge in [-0.15, -0.1) is 0 Å². The largest absolute Gasteiger partial charge is 0.378 e. The van der Waals surface area contributed by atoms with Crippen molar-refractivity contribution in [3.63, 3.8) is 0 Å². The Balaban J connectivity index is 1.91. The smallest absolute Gasteiger partial charge is 0.295 e. The molecule has 0 saturated carbocycles. The number of hydrogen-bond donors (Lipinski definition) is 0. The lowest BCUT2D eigenvalue weighted by atomic mass is 10.1. The fourth-order valence-corrected chi connectivity index (χ4v) is 3.29. The van der Waals surface area contributed by atoms with Crippen LogP contribution in [-0.4, -0.2) is 68.9 Å². The second kappa shape index (κ2) is 7.31. The minimum Gasteiger partial charge on any atom is -0.378 e. The molecular formula is C16H23FN4O3. The Morgan fingerprint density at radius 1 is 1.08 bits per heavy atom. The van der Waals surface area contributed by atoms with Gasteiger partial charge in [-0.2, -0.15) is 0 Å². The molecule has 132 valence electrons. The van der Waals surface area contributed by atoms with E-state index in [-0.39, 0.29) is 5.69 Å². The Bertz CT molecular complexity index is 599. The molecule has 0 atom stereocenters. The van der Waals surface area contributed by atoms with E-state index in [1.165, 1.54) is 0 Å². The maximum absolute atomic E-state index is 14.5. The summed E-state index contributed by atoms with van der Waals surface area (Å²) >= 11 is 0. The Morgan fingerprint density at radius 3 is 2.29 bits per heavy atom. The second-order valence-electron chi connectivity index (χ2n) is 6.07. The van der Waals surface area contributed by atoms with Gasteiger partial charge in [-0.1, -0.05) is 6.92 Å². The van der Waals surface area contributed by atoms with Crippen molar-refractivity contribution in [3.8, 4) is 0 Å². The monoisotopic (exact) mass is 338 g/mol. The number of benzene rings is 1. The number of morpholine rings is 1. The lowest BCUT2D eigenvalue weighted by Gasteiger charge is -2.36. The zero-order chi connectivity index (χ0) is 17.1. The number of nitro benzene ring substituents is 1. The van der Waals surface area contributed by atoms with E-state index in [0.717, 1.165) is 38.8 Å².